The Bertz CT molecular complexity index is 1220. The van der Waals surface area contributed by atoms with Gasteiger partial charge in [0.25, 0.3) is 0 Å². The molecule has 176 valence electrons. The highest BCUT2D eigenvalue weighted by Gasteiger charge is 2.27. The number of fused-ring (bicyclic) bond motifs is 2. The third-order valence-corrected chi connectivity index (χ3v) is 6.26. The van der Waals surface area contributed by atoms with E-state index in [2.05, 4.69) is 66.8 Å². The predicted molar refractivity (Wildman–Crippen MR) is 130 cm³/mol. The van der Waals surface area contributed by atoms with Gasteiger partial charge in [0, 0.05) is 37.4 Å². The highest BCUT2D eigenvalue weighted by atomic mass is 16.5. The largest absolute Gasteiger partial charge is 0.372 e. The molecule has 1 aliphatic carbocycles. The van der Waals surface area contributed by atoms with Crippen LogP contribution in [0.2, 0.25) is 0 Å². The van der Waals surface area contributed by atoms with Crippen LogP contribution in [0.3, 0.4) is 0 Å². The third-order valence-electron chi connectivity index (χ3n) is 6.26. The smallest absolute Gasteiger partial charge is 0.156 e. The SMILES string of the molecule is CC(C)(O)O.CNc1ncnc2c1ccn2C1CCC(CCc2ccn3c(C)cnc3c2)C1. The van der Waals surface area contributed by atoms with E-state index in [4.69, 9.17) is 10.2 Å². The van der Waals surface area contributed by atoms with Crippen LogP contribution in [0.25, 0.3) is 16.7 Å². The van der Waals surface area contributed by atoms with E-state index in [0.717, 1.165) is 34.8 Å². The molecule has 1 saturated carbocycles. The average molecular weight is 451 g/mol. The summed E-state index contributed by atoms with van der Waals surface area (Å²) in [6.07, 6.45) is 14.0. The van der Waals surface area contributed by atoms with Crippen LogP contribution >= 0.6 is 0 Å². The van der Waals surface area contributed by atoms with E-state index < -0.39 is 5.79 Å². The summed E-state index contributed by atoms with van der Waals surface area (Å²) in [6, 6.07) is 7.15. The number of anilines is 1. The average Bonchev–Trinajstić information content (AvgIpc) is 3.49. The second-order valence-corrected chi connectivity index (χ2v) is 9.46. The number of aliphatic hydroxyl groups is 2. The molecule has 2 unspecified atom stereocenters. The monoisotopic (exact) mass is 450 g/mol. The highest BCUT2D eigenvalue weighted by molar-refractivity contribution is 5.87. The molecular formula is C25H34N6O2. The molecule has 5 rings (SSSR count). The fourth-order valence-electron chi connectivity index (χ4n) is 4.70. The normalized spacial score (nSPS) is 18.5. The lowest BCUT2D eigenvalue weighted by Crippen LogP contribution is -2.15. The minimum atomic E-state index is -1.50. The quantitative estimate of drug-likeness (QED) is 0.396. The number of aryl methyl sites for hydroxylation is 2. The summed E-state index contributed by atoms with van der Waals surface area (Å²) in [5.41, 5.74) is 4.67. The maximum Gasteiger partial charge on any atom is 0.156 e. The number of hydrogen-bond acceptors (Lipinski definition) is 6. The first-order valence-corrected chi connectivity index (χ1v) is 11.6. The molecule has 33 heavy (non-hydrogen) atoms. The van der Waals surface area contributed by atoms with Gasteiger partial charge in [-0.3, -0.25) is 0 Å². The molecule has 4 aromatic rings. The van der Waals surface area contributed by atoms with Crippen LogP contribution in [0, 0.1) is 12.8 Å². The fraction of sp³-hybridized carbons (Fsp3) is 0.480. The summed E-state index contributed by atoms with van der Waals surface area (Å²) in [5, 5.41) is 20.4. The molecule has 1 aliphatic rings. The van der Waals surface area contributed by atoms with Crippen molar-refractivity contribution in [2.24, 2.45) is 5.92 Å². The standard InChI is InChI=1S/C22H26N6.C3H8O2/c1-15-13-24-20-12-17(7-9-27(15)20)4-3-16-5-6-18(11-16)28-10-8-19-21(23-2)25-14-26-22(19)28;1-3(2,4)5/h7-10,12-14,16,18H,3-6,11H2,1-2H3,(H,23,25,26);4-5H,1-2H3. The zero-order valence-corrected chi connectivity index (χ0v) is 19.9. The van der Waals surface area contributed by atoms with E-state index in [9.17, 15) is 0 Å². The predicted octanol–water partition coefficient (Wildman–Crippen LogP) is 4.11. The van der Waals surface area contributed by atoms with Crippen LogP contribution in [0.5, 0.6) is 0 Å². The Morgan fingerprint density at radius 1 is 1.12 bits per heavy atom. The van der Waals surface area contributed by atoms with E-state index >= 15 is 0 Å². The van der Waals surface area contributed by atoms with Crippen molar-refractivity contribution in [3.8, 4) is 0 Å². The van der Waals surface area contributed by atoms with E-state index in [-0.39, 0.29) is 0 Å². The molecule has 4 heterocycles. The lowest BCUT2D eigenvalue weighted by Gasteiger charge is -2.14. The van der Waals surface area contributed by atoms with Crippen molar-refractivity contribution in [3.63, 3.8) is 0 Å². The first kappa shape index (κ1) is 23.2. The maximum absolute atomic E-state index is 8.08. The van der Waals surface area contributed by atoms with Crippen molar-refractivity contribution in [1.82, 2.24) is 23.9 Å². The lowest BCUT2D eigenvalue weighted by molar-refractivity contribution is -0.127. The topological polar surface area (TPSA) is 100 Å². The van der Waals surface area contributed by atoms with Crippen LogP contribution in [0.15, 0.2) is 43.1 Å². The summed E-state index contributed by atoms with van der Waals surface area (Å²) >= 11 is 0. The highest BCUT2D eigenvalue weighted by Crippen LogP contribution is 2.39. The van der Waals surface area contributed by atoms with Gasteiger partial charge < -0.3 is 24.5 Å². The number of pyridine rings is 1. The van der Waals surface area contributed by atoms with Gasteiger partial charge in [0.1, 0.15) is 23.4 Å². The van der Waals surface area contributed by atoms with Gasteiger partial charge in [0.15, 0.2) is 5.79 Å². The van der Waals surface area contributed by atoms with E-state index in [1.54, 1.807) is 6.33 Å². The van der Waals surface area contributed by atoms with Crippen LogP contribution in [-0.2, 0) is 6.42 Å². The summed E-state index contributed by atoms with van der Waals surface area (Å²) in [4.78, 5) is 13.4. The Morgan fingerprint density at radius 2 is 1.91 bits per heavy atom. The molecule has 0 amide bonds. The van der Waals surface area contributed by atoms with Crippen LogP contribution in [-0.4, -0.2) is 47.0 Å². The number of nitrogens with zero attached hydrogens (tertiary/aromatic N) is 5. The number of hydrogen-bond donors (Lipinski definition) is 3. The van der Waals surface area contributed by atoms with Crippen molar-refractivity contribution in [2.75, 3.05) is 12.4 Å². The number of nitrogens with one attached hydrogen (secondary N) is 1. The molecule has 2 atom stereocenters. The van der Waals surface area contributed by atoms with Gasteiger partial charge in [0.05, 0.1) is 5.39 Å². The van der Waals surface area contributed by atoms with Crippen molar-refractivity contribution < 1.29 is 10.2 Å². The van der Waals surface area contributed by atoms with Gasteiger partial charge in [-0.15, -0.1) is 0 Å². The first-order chi connectivity index (χ1) is 15.7. The Labute approximate surface area is 194 Å². The minimum Gasteiger partial charge on any atom is -0.372 e. The Balaban J connectivity index is 0.000000471. The van der Waals surface area contributed by atoms with E-state index in [1.165, 1.54) is 50.8 Å². The van der Waals surface area contributed by atoms with E-state index in [0.29, 0.717) is 6.04 Å². The lowest BCUT2D eigenvalue weighted by atomic mass is 9.98. The summed E-state index contributed by atoms with van der Waals surface area (Å²) in [5.74, 6) is 0.175. The first-order valence-electron chi connectivity index (χ1n) is 11.6. The van der Waals surface area contributed by atoms with Gasteiger partial charge >= 0.3 is 0 Å². The van der Waals surface area contributed by atoms with Gasteiger partial charge in [-0.2, -0.15) is 0 Å². The van der Waals surface area contributed by atoms with Gasteiger partial charge in [-0.1, -0.05) is 0 Å². The molecule has 0 radical (unpaired) electrons. The molecule has 1 fully saturated rings. The zero-order valence-electron chi connectivity index (χ0n) is 19.9. The molecule has 0 aromatic carbocycles. The van der Waals surface area contributed by atoms with Crippen molar-refractivity contribution in [1.29, 1.82) is 0 Å². The van der Waals surface area contributed by atoms with Crippen LogP contribution in [0.4, 0.5) is 5.82 Å². The molecule has 0 saturated heterocycles. The molecule has 0 bridgehead atoms. The number of rotatable bonds is 5. The molecule has 0 spiro atoms. The molecule has 3 N–H and O–H groups in total. The summed E-state index contributed by atoms with van der Waals surface area (Å²) in [6.45, 7) is 4.69. The van der Waals surface area contributed by atoms with E-state index in [1.807, 2.05) is 13.2 Å². The minimum absolute atomic E-state index is 0.541. The van der Waals surface area contributed by atoms with Gasteiger partial charge in [0.2, 0.25) is 0 Å². The molecule has 8 heteroatoms. The third kappa shape index (κ3) is 5.51. The van der Waals surface area contributed by atoms with Crippen molar-refractivity contribution >= 4 is 22.5 Å². The fourth-order valence-corrected chi connectivity index (χ4v) is 4.70. The number of aromatic nitrogens is 5. The zero-order chi connectivity index (χ0) is 23.6. The summed E-state index contributed by atoms with van der Waals surface area (Å²) in [7, 11) is 1.91. The van der Waals surface area contributed by atoms with Crippen LogP contribution < -0.4 is 5.32 Å². The molecular weight excluding hydrogens is 416 g/mol. The van der Waals surface area contributed by atoms with Crippen molar-refractivity contribution in [2.45, 2.75) is 64.7 Å². The van der Waals surface area contributed by atoms with Gasteiger partial charge in [-0.25, -0.2) is 15.0 Å². The summed E-state index contributed by atoms with van der Waals surface area (Å²) < 4.78 is 4.50. The van der Waals surface area contributed by atoms with Crippen molar-refractivity contribution in [3.05, 3.63) is 54.4 Å². The van der Waals surface area contributed by atoms with Gasteiger partial charge in [-0.05, 0) is 82.6 Å². The molecule has 8 nitrogen and oxygen atoms in total. The molecule has 0 aliphatic heterocycles. The Hall–Kier alpha value is -2.97. The Morgan fingerprint density at radius 3 is 2.67 bits per heavy atom. The second-order valence-electron chi connectivity index (χ2n) is 9.46. The Kier molecular flexibility index (Phi) is 6.67. The number of imidazole rings is 1. The second kappa shape index (κ2) is 9.49. The molecule has 4 aromatic heterocycles. The maximum atomic E-state index is 8.08. The van der Waals surface area contributed by atoms with Crippen LogP contribution in [0.1, 0.15) is 56.8 Å².